The molecule has 100 valence electrons. The summed E-state index contributed by atoms with van der Waals surface area (Å²) >= 11 is 0. The molecule has 0 bridgehead atoms. The molecule has 4 nitrogen and oxygen atoms in total. The Morgan fingerprint density at radius 1 is 0.765 bits per heavy atom. The molecule has 0 fully saturated rings. The highest BCUT2D eigenvalue weighted by Crippen LogP contribution is 2.25. The second kappa shape index (κ2) is 4.41. The van der Waals surface area contributed by atoms with Gasteiger partial charge < -0.3 is 9.47 Å². The van der Waals surface area contributed by atoms with E-state index < -0.39 is 30.1 Å². The molecule has 0 saturated heterocycles. The maximum atomic E-state index is 11.7. The van der Waals surface area contributed by atoms with Gasteiger partial charge in [-0.15, -0.1) is 0 Å². The van der Waals surface area contributed by atoms with Gasteiger partial charge in [0, 0.05) is 13.8 Å². The van der Waals surface area contributed by atoms with Crippen LogP contribution >= 0.6 is 0 Å². The molecule has 0 aromatic rings. The van der Waals surface area contributed by atoms with Crippen LogP contribution in [0.5, 0.6) is 0 Å². The van der Waals surface area contributed by atoms with Crippen molar-refractivity contribution in [3.63, 3.8) is 0 Å². The van der Waals surface area contributed by atoms with E-state index in [2.05, 4.69) is 9.47 Å². The minimum Gasteiger partial charge on any atom is -0.416 e. The van der Waals surface area contributed by atoms with E-state index in [1.807, 2.05) is 0 Å². The molecule has 0 atom stereocenters. The van der Waals surface area contributed by atoms with E-state index in [0.717, 1.165) is 0 Å². The van der Waals surface area contributed by atoms with Crippen LogP contribution in [-0.4, -0.2) is 30.1 Å². The summed E-state index contributed by atoms with van der Waals surface area (Å²) in [5.74, 6) is -8.21. The number of esters is 2. The Labute approximate surface area is 90.5 Å². The van der Waals surface area contributed by atoms with E-state index in [0.29, 0.717) is 13.8 Å². The lowest BCUT2D eigenvalue weighted by atomic mass is 10.4. The van der Waals surface area contributed by atoms with Gasteiger partial charge in [0.25, 0.3) is 5.79 Å². The molecule has 17 heavy (non-hydrogen) atoms. The van der Waals surface area contributed by atoms with Crippen molar-refractivity contribution in [1.29, 1.82) is 0 Å². The zero-order valence-corrected chi connectivity index (χ0v) is 8.40. The normalized spacial score (nSPS) is 13.2. The van der Waals surface area contributed by atoms with Gasteiger partial charge in [-0.3, -0.25) is 0 Å². The van der Waals surface area contributed by atoms with Gasteiger partial charge in [0.2, 0.25) is 0 Å². The number of ether oxygens (including phenoxy) is 2. The molecule has 0 unspecified atom stereocenters. The van der Waals surface area contributed by atoms with Crippen molar-refractivity contribution in [1.82, 2.24) is 0 Å². The first kappa shape index (κ1) is 15.5. The van der Waals surface area contributed by atoms with Gasteiger partial charge >= 0.3 is 24.3 Å². The van der Waals surface area contributed by atoms with Crippen molar-refractivity contribution in [2.24, 2.45) is 0 Å². The van der Waals surface area contributed by atoms with E-state index >= 15 is 0 Å². The van der Waals surface area contributed by atoms with Gasteiger partial charge in [0.15, 0.2) is 0 Å². The maximum Gasteiger partial charge on any atom is 0.491 e. The number of hydrogen-bond acceptors (Lipinski definition) is 4. The Balaban J connectivity index is 4.62. The molecule has 0 rings (SSSR count). The average Bonchev–Trinajstić information content (AvgIpc) is 1.97. The lowest BCUT2D eigenvalue weighted by molar-refractivity contribution is -0.263. The van der Waals surface area contributed by atoms with Crippen molar-refractivity contribution in [3.8, 4) is 0 Å². The Bertz CT molecular complexity index is 285. The monoisotopic (exact) mass is 268 g/mol. The number of hydrogen-bond donors (Lipinski definition) is 0. The van der Waals surface area contributed by atoms with Gasteiger partial charge in [0.05, 0.1) is 0 Å². The van der Waals surface area contributed by atoms with E-state index in [9.17, 15) is 35.9 Å². The van der Waals surface area contributed by atoms with Crippen molar-refractivity contribution >= 4 is 11.9 Å². The summed E-state index contributed by atoms with van der Waals surface area (Å²) in [5, 5.41) is 0. The van der Waals surface area contributed by atoms with Gasteiger partial charge in [-0.05, 0) is 0 Å². The quantitative estimate of drug-likeness (QED) is 0.436. The van der Waals surface area contributed by atoms with Gasteiger partial charge in [0.1, 0.15) is 0 Å². The third-order valence-corrected chi connectivity index (χ3v) is 1.14. The van der Waals surface area contributed by atoms with Crippen LogP contribution in [0.1, 0.15) is 13.8 Å². The van der Waals surface area contributed by atoms with Gasteiger partial charge in [-0.25, -0.2) is 9.59 Å². The summed E-state index contributed by atoms with van der Waals surface area (Å²) in [6.45, 7) is 1.11. The predicted molar refractivity (Wildman–Crippen MR) is 38.4 cm³/mol. The standard InChI is InChI=1S/C7H6F6O4/c1-5(2,16-3(14)6(8,9)10)17-4(15)7(11,12)13/h1-2H3. The first-order valence-corrected chi connectivity index (χ1v) is 3.86. The first-order chi connectivity index (χ1) is 7.26. The Hall–Kier alpha value is -1.48. The van der Waals surface area contributed by atoms with Crippen LogP contribution in [0.15, 0.2) is 0 Å². The molecule has 0 spiro atoms. The summed E-state index contributed by atoms with van der Waals surface area (Å²) in [7, 11) is 0. The largest absolute Gasteiger partial charge is 0.491 e. The number of carbonyl (C=O) groups is 2. The van der Waals surface area contributed by atoms with Gasteiger partial charge in [-0.1, -0.05) is 0 Å². The van der Waals surface area contributed by atoms with E-state index in [1.165, 1.54) is 0 Å². The fourth-order valence-electron chi connectivity index (χ4n) is 0.583. The summed E-state index contributed by atoms with van der Waals surface area (Å²) in [6, 6.07) is 0. The molecule has 0 heterocycles. The highest BCUT2D eigenvalue weighted by molar-refractivity contribution is 5.78. The van der Waals surface area contributed by atoms with Crippen LogP contribution < -0.4 is 0 Å². The highest BCUT2D eigenvalue weighted by atomic mass is 19.4. The number of rotatable bonds is 2. The molecule has 10 heteroatoms. The number of alkyl halides is 6. The smallest absolute Gasteiger partial charge is 0.416 e. The van der Waals surface area contributed by atoms with Crippen LogP contribution in [0.25, 0.3) is 0 Å². The second-order valence-corrected chi connectivity index (χ2v) is 3.17. The summed E-state index contributed by atoms with van der Waals surface area (Å²) in [5.41, 5.74) is 0. The van der Waals surface area contributed by atoms with Crippen molar-refractivity contribution in [3.05, 3.63) is 0 Å². The molecular weight excluding hydrogens is 262 g/mol. The molecule has 0 aromatic heterocycles. The van der Waals surface area contributed by atoms with Crippen molar-refractivity contribution in [2.75, 3.05) is 0 Å². The SMILES string of the molecule is CC(C)(OC(=O)C(F)(F)F)OC(=O)C(F)(F)F. The lowest BCUT2D eigenvalue weighted by Gasteiger charge is -2.25. The first-order valence-electron chi connectivity index (χ1n) is 3.86. The Morgan fingerprint density at radius 3 is 1.18 bits per heavy atom. The molecule has 0 amide bonds. The highest BCUT2D eigenvalue weighted by Gasteiger charge is 2.48. The molecule has 0 aliphatic heterocycles. The van der Waals surface area contributed by atoms with Crippen LogP contribution in [0.4, 0.5) is 26.3 Å². The summed E-state index contributed by atoms with van der Waals surface area (Å²) < 4.78 is 77.4. The molecule has 0 aliphatic rings. The Morgan fingerprint density at radius 2 is 1.00 bits per heavy atom. The second-order valence-electron chi connectivity index (χ2n) is 3.17. The molecule has 0 aliphatic carbocycles. The molecule has 0 aromatic carbocycles. The summed E-state index contributed by atoms with van der Waals surface area (Å²) in [4.78, 5) is 20.6. The Kier molecular flexibility index (Phi) is 4.03. The third-order valence-electron chi connectivity index (χ3n) is 1.14. The van der Waals surface area contributed by atoms with Crippen molar-refractivity contribution < 1.29 is 45.4 Å². The van der Waals surface area contributed by atoms with E-state index in [-0.39, 0.29) is 0 Å². The number of halogens is 6. The molecule has 0 radical (unpaired) electrons. The predicted octanol–water partition coefficient (Wildman–Crippen LogP) is 1.93. The lowest BCUT2D eigenvalue weighted by Crippen LogP contribution is -2.42. The molecule has 0 N–H and O–H groups in total. The average molecular weight is 268 g/mol. The zero-order chi connectivity index (χ0) is 14.1. The van der Waals surface area contributed by atoms with Crippen LogP contribution in [0, 0.1) is 0 Å². The van der Waals surface area contributed by atoms with Crippen molar-refractivity contribution in [2.45, 2.75) is 32.0 Å². The van der Waals surface area contributed by atoms with Crippen LogP contribution in [0.3, 0.4) is 0 Å². The minimum atomic E-state index is -5.40. The zero-order valence-electron chi connectivity index (χ0n) is 8.40. The maximum absolute atomic E-state index is 11.7. The summed E-state index contributed by atoms with van der Waals surface area (Å²) in [6.07, 6.45) is -10.8. The van der Waals surface area contributed by atoms with E-state index in [1.54, 1.807) is 0 Å². The molecule has 0 saturated carbocycles. The van der Waals surface area contributed by atoms with Crippen LogP contribution in [0.2, 0.25) is 0 Å². The van der Waals surface area contributed by atoms with E-state index in [4.69, 9.17) is 0 Å². The van der Waals surface area contributed by atoms with Crippen LogP contribution in [-0.2, 0) is 19.1 Å². The minimum absolute atomic E-state index is 0.556. The fraction of sp³-hybridized carbons (Fsp3) is 0.714. The third kappa shape index (κ3) is 5.41. The fourth-order valence-corrected chi connectivity index (χ4v) is 0.583. The van der Waals surface area contributed by atoms with Gasteiger partial charge in [-0.2, -0.15) is 26.3 Å². The molecular formula is C7H6F6O4. The number of carbonyl (C=O) groups excluding carboxylic acids is 2. The topological polar surface area (TPSA) is 52.6 Å².